The minimum Gasteiger partial charge on any atom is -0.486 e. The van der Waals surface area contributed by atoms with E-state index in [0.29, 0.717) is 19.3 Å². The fourth-order valence-corrected chi connectivity index (χ4v) is 2.88. The fourth-order valence-electron chi connectivity index (χ4n) is 2.88. The first-order valence-corrected chi connectivity index (χ1v) is 6.75. The second-order valence-electron chi connectivity index (χ2n) is 4.89. The van der Waals surface area contributed by atoms with Gasteiger partial charge in [-0.1, -0.05) is 0 Å². The largest absolute Gasteiger partial charge is 0.486 e. The quantitative estimate of drug-likeness (QED) is 0.885. The van der Waals surface area contributed by atoms with Gasteiger partial charge < -0.3 is 20.1 Å². The minimum atomic E-state index is 0.581. The molecule has 0 aliphatic carbocycles. The van der Waals surface area contributed by atoms with Crippen molar-refractivity contribution in [1.82, 2.24) is 0 Å². The highest BCUT2D eigenvalue weighted by atomic mass is 16.6. The van der Waals surface area contributed by atoms with E-state index in [1.807, 2.05) is 6.07 Å². The smallest absolute Gasteiger partial charge is 0.163 e. The van der Waals surface area contributed by atoms with E-state index < -0.39 is 0 Å². The number of benzene rings is 1. The second kappa shape index (κ2) is 5.06. The highest BCUT2D eigenvalue weighted by molar-refractivity contribution is 5.57. The Morgan fingerprint density at radius 2 is 2.06 bits per heavy atom. The number of nitrogens with zero attached hydrogens (tertiary/aromatic N) is 1. The number of nitrogens with two attached hydrogens (primary N) is 1. The molecule has 2 aliphatic rings. The van der Waals surface area contributed by atoms with Crippen molar-refractivity contribution in [3.8, 4) is 11.5 Å². The van der Waals surface area contributed by atoms with E-state index in [0.717, 1.165) is 31.0 Å². The molecule has 2 N–H and O–H groups in total. The maximum atomic E-state index is 5.69. The Balaban J connectivity index is 1.83. The van der Waals surface area contributed by atoms with E-state index >= 15 is 0 Å². The average molecular weight is 248 g/mol. The average Bonchev–Trinajstić information content (AvgIpc) is 2.87. The van der Waals surface area contributed by atoms with Gasteiger partial charge in [0.25, 0.3) is 0 Å². The summed E-state index contributed by atoms with van der Waals surface area (Å²) in [5.74, 6) is 1.73. The van der Waals surface area contributed by atoms with E-state index in [4.69, 9.17) is 15.2 Å². The van der Waals surface area contributed by atoms with Crippen molar-refractivity contribution in [3.05, 3.63) is 18.2 Å². The monoisotopic (exact) mass is 248 g/mol. The van der Waals surface area contributed by atoms with Gasteiger partial charge in [0.05, 0.1) is 0 Å². The third-order valence-corrected chi connectivity index (χ3v) is 3.73. The fraction of sp³-hybridized carbons (Fsp3) is 0.571. The van der Waals surface area contributed by atoms with Gasteiger partial charge in [-0.15, -0.1) is 0 Å². The summed E-state index contributed by atoms with van der Waals surface area (Å²) in [6.45, 7) is 3.16. The molecule has 1 aromatic carbocycles. The zero-order valence-electron chi connectivity index (χ0n) is 10.6. The molecule has 1 aromatic rings. The van der Waals surface area contributed by atoms with Crippen LogP contribution in [0.4, 0.5) is 5.69 Å². The molecule has 0 aromatic heterocycles. The summed E-state index contributed by atoms with van der Waals surface area (Å²) in [7, 11) is 0. The molecular formula is C14H20N2O2. The van der Waals surface area contributed by atoms with E-state index in [2.05, 4.69) is 17.0 Å². The van der Waals surface area contributed by atoms with Crippen LogP contribution in [0.1, 0.15) is 19.3 Å². The molecule has 1 unspecified atom stereocenters. The highest BCUT2D eigenvalue weighted by Gasteiger charge is 2.25. The lowest BCUT2D eigenvalue weighted by atomic mass is 10.1. The SMILES string of the molecule is NCCC1CCCN1c1ccc2c(c1)OCCO2. The number of fused-ring (bicyclic) bond motifs is 1. The molecular weight excluding hydrogens is 228 g/mol. The van der Waals surface area contributed by atoms with Crippen molar-refractivity contribution in [2.45, 2.75) is 25.3 Å². The van der Waals surface area contributed by atoms with Gasteiger partial charge in [-0.25, -0.2) is 0 Å². The van der Waals surface area contributed by atoms with Crippen LogP contribution in [0.15, 0.2) is 18.2 Å². The molecule has 3 rings (SSSR count). The summed E-state index contributed by atoms with van der Waals surface area (Å²) < 4.78 is 11.2. The van der Waals surface area contributed by atoms with E-state index in [9.17, 15) is 0 Å². The molecule has 0 radical (unpaired) electrons. The van der Waals surface area contributed by atoms with Gasteiger partial charge in [-0.3, -0.25) is 0 Å². The summed E-state index contributed by atoms with van der Waals surface area (Å²) in [6, 6.07) is 6.82. The van der Waals surface area contributed by atoms with Crippen LogP contribution in [0.2, 0.25) is 0 Å². The molecule has 0 bridgehead atoms. The predicted octanol–water partition coefficient (Wildman–Crippen LogP) is 1.78. The lowest BCUT2D eigenvalue weighted by Crippen LogP contribution is -2.31. The molecule has 0 spiro atoms. The summed E-state index contributed by atoms with van der Waals surface area (Å²) in [4.78, 5) is 2.45. The van der Waals surface area contributed by atoms with E-state index in [1.54, 1.807) is 0 Å². The van der Waals surface area contributed by atoms with Crippen molar-refractivity contribution >= 4 is 5.69 Å². The van der Waals surface area contributed by atoms with Crippen LogP contribution in [0.25, 0.3) is 0 Å². The van der Waals surface area contributed by atoms with Gasteiger partial charge in [0.2, 0.25) is 0 Å². The number of hydrogen-bond acceptors (Lipinski definition) is 4. The molecule has 4 heteroatoms. The van der Waals surface area contributed by atoms with Crippen LogP contribution >= 0.6 is 0 Å². The summed E-state index contributed by atoms with van der Waals surface area (Å²) in [6.07, 6.45) is 3.55. The lowest BCUT2D eigenvalue weighted by molar-refractivity contribution is 0.171. The number of ether oxygens (including phenoxy) is 2. The molecule has 2 heterocycles. The first-order chi connectivity index (χ1) is 8.88. The highest BCUT2D eigenvalue weighted by Crippen LogP contribution is 2.36. The van der Waals surface area contributed by atoms with Gasteiger partial charge in [-0.2, -0.15) is 0 Å². The molecule has 1 saturated heterocycles. The Kier molecular flexibility index (Phi) is 3.28. The normalized spacial score (nSPS) is 22.3. The minimum absolute atomic E-state index is 0.581. The molecule has 18 heavy (non-hydrogen) atoms. The first kappa shape index (κ1) is 11.7. The van der Waals surface area contributed by atoms with Crippen molar-refractivity contribution in [2.75, 3.05) is 31.2 Å². The Bertz CT molecular complexity index is 422. The van der Waals surface area contributed by atoms with E-state index in [-0.39, 0.29) is 0 Å². The van der Waals surface area contributed by atoms with Crippen molar-refractivity contribution < 1.29 is 9.47 Å². The van der Waals surface area contributed by atoms with E-state index in [1.165, 1.54) is 18.5 Å². The molecule has 0 saturated carbocycles. The molecule has 4 nitrogen and oxygen atoms in total. The number of anilines is 1. The zero-order valence-corrected chi connectivity index (χ0v) is 10.6. The van der Waals surface area contributed by atoms with Crippen molar-refractivity contribution in [3.63, 3.8) is 0 Å². The second-order valence-corrected chi connectivity index (χ2v) is 4.89. The van der Waals surface area contributed by atoms with Gasteiger partial charge in [-0.05, 0) is 37.9 Å². The van der Waals surface area contributed by atoms with Gasteiger partial charge >= 0.3 is 0 Å². The maximum absolute atomic E-state index is 5.69. The maximum Gasteiger partial charge on any atom is 0.163 e. The predicted molar refractivity (Wildman–Crippen MR) is 71.5 cm³/mol. The molecule has 0 amide bonds. The number of rotatable bonds is 3. The number of hydrogen-bond donors (Lipinski definition) is 1. The topological polar surface area (TPSA) is 47.7 Å². The van der Waals surface area contributed by atoms with Crippen LogP contribution < -0.4 is 20.1 Å². The third kappa shape index (κ3) is 2.12. The zero-order chi connectivity index (χ0) is 12.4. The van der Waals surface area contributed by atoms with Gasteiger partial charge in [0.15, 0.2) is 11.5 Å². The summed E-state index contributed by atoms with van der Waals surface area (Å²) >= 11 is 0. The van der Waals surface area contributed by atoms with Crippen LogP contribution in [0.5, 0.6) is 11.5 Å². The Morgan fingerprint density at radius 1 is 1.22 bits per heavy atom. The van der Waals surface area contributed by atoms with Crippen molar-refractivity contribution in [2.24, 2.45) is 5.73 Å². The summed E-state index contributed by atoms with van der Waals surface area (Å²) in [5.41, 5.74) is 6.92. The summed E-state index contributed by atoms with van der Waals surface area (Å²) in [5, 5.41) is 0. The Hall–Kier alpha value is -1.42. The van der Waals surface area contributed by atoms with Crippen LogP contribution in [0, 0.1) is 0 Å². The van der Waals surface area contributed by atoms with Gasteiger partial charge in [0, 0.05) is 24.3 Å². The van der Waals surface area contributed by atoms with Crippen LogP contribution in [-0.2, 0) is 0 Å². The van der Waals surface area contributed by atoms with Crippen LogP contribution in [-0.4, -0.2) is 32.3 Å². The van der Waals surface area contributed by atoms with Gasteiger partial charge in [0.1, 0.15) is 13.2 Å². The first-order valence-electron chi connectivity index (χ1n) is 6.75. The van der Waals surface area contributed by atoms with Crippen LogP contribution in [0.3, 0.4) is 0 Å². The molecule has 1 fully saturated rings. The van der Waals surface area contributed by atoms with Crippen molar-refractivity contribution in [1.29, 1.82) is 0 Å². The lowest BCUT2D eigenvalue weighted by Gasteiger charge is -2.28. The standard InChI is InChI=1S/C14H20N2O2/c15-6-5-11-2-1-7-16(11)12-3-4-13-14(10-12)18-9-8-17-13/h3-4,10-11H,1-2,5-9,15H2. The third-order valence-electron chi connectivity index (χ3n) is 3.73. The molecule has 1 atom stereocenters. The molecule has 2 aliphatic heterocycles. The Morgan fingerprint density at radius 3 is 2.89 bits per heavy atom. The molecule has 98 valence electrons. The Labute approximate surface area is 108 Å².